The number of carbonyl (C=O) groups excluding carboxylic acids is 1. The fraction of sp³-hybridized carbons (Fsp3) is 0.444. The van der Waals surface area contributed by atoms with E-state index in [4.69, 9.17) is 15.2 Å². The van der Waals surface area contributed by atoms with E-state index in [2.05, 4.69) is 10.3 Å². The van der Waals surface area contributed by atoms with Gasteiger partial charge in [0.25, 0.3) is 5.91 Å². The molecule has 136 valence electrons. The Morgan fingerprint density at radius 2 is 2.15 bits per heavy atom. The second kappa shape index (κ2) is 6.12. The molecular formula is C18H22N6O2. The molecule has 4 rings (SSSR count). The van der Waals surface area contributed by atoms with Gasteiger partial charge in [0, 0.05) is 31.7 Å². The van der Waals surface area contributed by atoms with Gasteiger partial charge in [0.15, 0.2) is 11.5 Å². The number of likely N-dealkylation sites (tertiary alicyclic amines) is 1. The van der Waals surface area contributed by atoms with E-state index < -0.39 is 0 Å². The Hall–Kier alpha value is -2.90. The number of anilines is 1. The van der Waals surface area contributed by atoms with Gasteiger partial charge in [0.2, 0.25) is 0 Å². The molecule has 1 fully saturated rings. The molecule has 0 spiro atoms. The van der Waals surface area contributed by atoms with Crippen molar-refractivity contribution in [1.82, 2.24) is 24.8 Å². The summed E-state index contributed by atoms with van der Waals surface area (Å²) in [5.41, 5.74) is 8.87. The Kier molecular flexibility index (Phi) is 3.90. The molecule has 8 heteroatoms. The maximum Gasteiger partial charge on any atom is 0.259 e. The molecule has 2 N–H and O–H groups in total. The Morgan fingerprint density at radius 1 is 1.35 bits per heavy atom. The molecule has 26 heavy (non-hydrogen) atoms. The highest BCUT2D eigenvalue weighted by Crippen LogP contribution is 2.29. The summed E-state index contributed by atoms with van der Waals surface area (Å²) in [5, 5.41) is 8.98. The summed E-state index contributed by atoms with van der Waals surface area (Å²) in [6, 6.07) is 3.96. The van der Waals surface area contributed by atoms with Crippen molar-refractivity contribution >= 4 is 22.8 Å². The van der Waals surface area contributed by atoms with E-state index >= 15 is 0 Å². The number of aromatic nitrogens is 4. The highest BCUT2D eigenvalue weighted by molar-refractivity contribution is 5.96. The van der Waals surface area contributed by atoms with Crippen molar-refractivity contribution in [3.05, 3.63) is 34.8 Å². The van der Waals surface area contributed by atoms with E-state index in [9.17, 15) is 4.79 Å². The maximum atomic E-state index is 12.9. The van der Waals surface area contributed by atoms with Crippen molar-refractivity contribution in [2.75, 3.05) is 18.8 Å². The van der Waals surface area contributed by atoms with Gasteiger partial charge in [0.05, 0.1) is 11.1 Å². The third-order valence-corrected chi connectivity index (χ3v) is 5.11. The summed E-state index contributed by atoms with van der Waals surface area (Å²) < 4.78 is 6.85. The van der Waals surface area contributed by atoms with Crippen LogP contribution in [0.5, 0.6) is 0 Å². The van der Waals surface area contributed by atoms with E-state index in [-0.39, 0.29) is 11.8 Å². The molecule has 1 amide bonds. The first-order valence-electron chi connectivity index (χ1n) is 8.77. The van der Waals surface area contributed by atoms with Crippen molar-refractivity contribution < 1.29 is 9.32 Å². The van der Waals surface area contributed by atoms with Gasteiger partial charge in [-0.3, -0.25) is 4.79 Å². The van der Waals surface area contributed by atoms with Crippen molar-refractivity contribution in [2.24, 2.45) is 7.05 Å². The van der Waals surface area contributed by atoms with Crippen molar-refractivity contribution in [1.29, 1.82) is 0 Å². The van der Waals surface area contributed by atoms with Gasteiger partial charge in [-0.15, -0.1) is 0 Å². The number of hydrogen-bond acceptors (Lipinski definition) is 6. The number of fused-ring (bicyclic) bond motifs is 1. The number of aryl methyl sites for hydroxylation is 3. The van der Waals surface area contributed by atoms with Gasteiger partial charge in [-0.25, -0.2) is 9.67 Å². The van der Waals surface area contributed by atoms with Crippen LogP contribution < -0.4 is 5.73 Å². The van der Waals surface area contributed by atoms with Crippen LogP contribution >= 0.6 is 0 Å². The molecule has 8 nitrogen and oxygen atoms in total. The smallest absolute Gasteiger partial charge is 0.259 e. The number of hydrogen-bond donors (Lipinski definition) is 1. The van der Waals surface area contributed by atoms with Crippen LogP contribution in [0.25, 0.3) is 11.0 Å². The van der Waals surface area contributed by atoms with Crippen molar-refractivity contribution in [3.63, 3.8) is 0 Å². The molecule has 0 unspecified atom stereocenters. The fourth-order valence-corrected chi connectivity index (χ4v) is 3.75. The number of rotatable bonds is 2. The first-order chi connectivity index (χ1) is 12.5. The molecule has 0 saturated carbocycles. The molecule has 3 aromatic heterocycles. The number of nitrogens with zero attached hydrogens (tertiary/aromatic N) is 5. The number of pyridine rings is 1. The van der Waals surface area contributed by atoms with Crippen molar-refractivity contribution in [3.8, 4) is 0 Å². The number of piperidine rings is 1. The Bertz CT molecular complexity index is 970. The third kappa shape index (κ3) is 2.61. The first-order valence-corrected chi connectivity index (χ1v) is 8.77. The standard InChI is InChI=1S/C18H22N6O2/c1-10-15(11(2)26-22-10)18(25)24-8-4-5-12(9-24)14-7-6-13-16(19)21-23(3)17(13)20-14/h6-7,12H,4-5,8-9H2,1-3H3,(H2,19,21)/t12-/m1/s1. The largest absolute Gasteiger partial charge is 0.382 e. The minimum atomic E-state index is -0.0168. The quantitative estimate of drug-likeness (QED) is 0.756. The van der Waals surface area contributed by atoms with Crippen LogP contribution in [0.1, 0.15) is 46.3 Å². The SMILES string of the molecule is Cc1noc(C)c1C(=O)N1CCC[C@@H](c2ccc3c(N)nn(C)c3n2)C1. The second-order valence-corrected chi connectivity index (χ2v) is 6.91. The summed E-state index contributed by atoms with van der Waals surface area (Å²) >= 11 is 0. The molecule has 1 aliphatic heterocycles. The zero-order chi connectivity index (χ0) is 18.4. The molecular weight excluding hydrogens is 332 g/mol. The summed E-state index contributed by atoms with van der Waals surface area (Å²) in [4.78, 5) is 19.6. The molecule has 0 aliphatic carbocycles. The van der Waals surface area contributed by atoms with E-state index in [0.29, 0.717) is 29.4 Å². The molecule has 0 bridgehead atoms. The predicted molar refractivity (Wildman–Crippen MR) is 96.8 cm³/mol. The number of nitrogens with two attached hydrogens (primary N) is 1. The third-order valence-electron chi connectivity index (χ3n) is 5.11. The highest BCUT2D eigenvalue weighted by atomic mass is 16.5. The van der Waals surface area contributed by atoms with E-state index in [0.717, 1.165) is 36.1 Å². The van der Waals surface area contributed by atoms with Crippen molar-refractivity contribution in [2.45, 2.75) is 32.6 Å². The lowest BCUT2D eigenvalue weighted by molar-refractivity contribution is 0.0703. The molecule has 1 saturated heterocycles. The molecule has 1 aliphatic rings. The van der Waals surface area contributed by atoms with Crippen LogP contribution in [-0.2, 0) is 7.05 Å². The van der Waals surface area contributed by atoms with Crippen LogP contribution in [0.2, 0.25) is 0 Å². The number of amides is 1. The lowest BCUT2D eigenvalue weighted by Gasteiger charge is -2.32. The van der Waals surface area contributed by atoms with Crippen LogP contribution in [0.3, 0.4) is 0 Å². The molecule has 1 atom stereocenters. The predicted octanol–water partition coefficient (Wildman–Crippen LogP) is 2.18. The summed E-state index contributed by atoms with van der Waals surface area (Å²) in [6.07, 6.45) is 1.93. The minimum Gasteiger partial charge on any atom is -0.382 e. The monoisotopic (exact) mass is 354 g/mol. The first kappa shape index (κ1) is 16.6. The number of carbonyl (C=O) groups is 1. The van der Waals surface area contributed by atoms with Gasteiger partial charge >= 0.3 is 0 Å². The molecule has 0 aromatic carbocycles. The minimum absolute atomic E-state index is 0.0168. The fourth-order valence-electron chi connectivity index (χ4n) is 3.75. The Balaban J connectivity index is 1.61. The van der Waals surface area contributed by atoms with Crippen LogP contribution in [0.4, 0.5) is 5.82 Å². The lowest BCUT2D eigenvalue weighted by atomic mass is 9.93. The maximum absolute atomic E-state index is 12.9. The van der Waals surface area contributed by atoms with Crippen LogP contribution in [0.15, 0.2) is 16.7 Å². The Morgan fingerprint density at radius 3 is 2.88 bits per heavy atom. The van der Waals surface area contributed by atoms with Crippen LogP contribution in [-0.4, -0.2) is 43.8 Å². The van der Waals surface area contributed by atoms with Gasteiger partial charge in [-0.1, -0.05) is 5.16 Å². The van der Waals surface area contributed by atoms with Gasteiger partial charge in [-0.05, 0) is 38.8 Å². The normalized spacial score (nSPS) is 17.8. The average molecular weight is 354 g/mol. The molecule has 3 aromatic rings. The topological polar surface area (TPSA) is 103 Å². The zero-order valence-corrected chi connectivity index (χ0v) is 15.2. The van der Waals surface area contributed by atoms with E-state index in [1.807, 2.05) is 24.1 Å². The average Bonchev–Trinajstić information content (AvgIpc) is 3.13. The van der Waals surface area contributed by atoms with Gasteiger partial charge in [-0.2, -0.15) is 5.10 Å². The second-order valence-electron chi connectivity index (χ2n) is 6.91. The van der Waals surface area contributed by atoms with E-state index in [1.54, 1.807) is 18.5 Å². The molecule has 0 radical (unpaired) electrons. The molecule has 4 heterocycles. The highest BCUT2D eigenvalue weighted by Gasteiger charge is 2.29. The Labute approximate surface area is 151 Å². The van der Waals surface area contributed by atoms with E-state index in [1.165, 1.54) is 0 Å². The summed E-state index contributed by atoms with van der Waals surface area (Å²) in [6.45, 7) is 4.94. The number of nitrogen functional groups attached to an aromatic ring is 1. The summed E-state index contributed by atoms with van der Waals surface area (Å²) in [5.74, 6) is 1.23. The van der Waals surface area contributed by atoms with Crippen LogP contribution in [0, 0.1) is 13.8 Å². The summed E-state index contributed by atoms with van der Waals surface area (Å²) in [7, 11) is 1.84. The zero-order valence-electron chi connectivity index (χ0n) is 15.2. The lowest BCUT2D eigenvalue weighted by Crippen LogP contribution is -2.39. The van der Waals surface area contributed by atoms with Gasteiger partial charge in [0.1, 0.15) is 11.3 Å². The van der Waals surface area contributed by atoms with Gasteiger partial charge < -0.3 is 15.2 Å².